The van der Waals surface area contributed by atoms with E-state index < -0.39 is 6.10 Å². The minimum absolute atomic E-state index is 0.113. The molecule has 0 amide bonds. The fourth-order valence-electron chi connectivity index (χ4n) is 1.72. The van der Waals surface area contributed by atoms with Crippen LogP contribution in [0.25, 0.3) is 0 Å². The van der Waals surface area contributed by atoms with Gasteiger partial charge in [-0.3, -0.25) is 4.68 Å². The van der Waals surface area contributed by atoms with Crippen molar-refractivity contribution in [3.05, 3.63) is 46.0 Å². The molecule has 0 spiro atoms. The Morgan fingerprint density at radius 1 is 1.22 bits per heavy atom. The average molecular weight is 286 g/mol. The van der Waals surface area contributed by atoms with Crippen molar-refractivity contribution in [2.75, 3.05) is 0 Å². The Labute approximate surface area is 115 Å². The van der Waals surface area contributed by atoms with Gasteiger partial charge in [0.15, 0.2) is 0 Å². The lowest BCUT2D eigenvalue weighted by molar-refractivity contribution is 0.204. The van der Waals surface area contributed by atoms with Crippen molar-refractivity contribution in [2.24, 2.45) is 0 Å². The molecule has 0 fully saturated rings. The SMILES string of the molecule is CC(C)n1ncc(Cl)c1C(O)c1ccc(Cl)nc1. The summed E-state index contributed by atoms with van der Waals surface area (Å²) in [6, 6.07) is 3.46. The smallest absolute Gasteiger partial charge is 0.129 e. The number of aromatic nitrogens is 3. The van der Waals surface area contributed by atoms with Gasteiger partial charge < -0.3 is 5.11 Å². The summed E-state index contributed by atoms with van der Waals surface area (Å²) in [5.41, 5.74) is 1.19. The molecule has 2 aromatic heterocycles. The van der Waals surface area contributed by atoms with E-state index in [1.807, 2.05) is 13.8 Å². The van der Waals surface area contributed by atoms with E-state index in [0.29, 0.717) is 21.4 Å². The van der Waals surface area contributed by atoms with Gasteiger partial charge in [0.1, 0.15) is 11.3 Å². The van der Waals surface area contributed by atoms with Gasteiger partial charge in [-0.05, 0) is 19.9 Å². The lowest BCUT2D eigenvalue weighted by Gasteiger charge is -2.16. The van der Waals surface area contributed by atoms with Gasteiger partial charge in [0.2, 0.25) is 0 Å². The molecule has 0 bridgehead atoms. The molecule has 1 unspecified atom stereocenters. The van der Waals surface area contributed by atoms with Gasteiger partial charge in [-0.2, -0.15) is 5.10 Å². The molecule has 0 aliphatic rings. The van der Waals surface area contributed by atoms with E-state index in [0.717, 1.165) is 0 Å². The topological polar surface area (TPSA) is 50.9 Å². The molecular formula is C12H13Cl2N3O. The Morgan fingerprint density at radius 3 is 2.50 bits per heavy atom. The molecule has 18 heavy (non-hydrogen) atoms. The molecule has 0 aromatic carbocycles. The second-order valence-corrected chi connectivity index (χ2v) is 5.03. The minimum Gasteiger partial charge on any atom is -0.382 e. The molecule has 0 radical (unpaired) electrons. The highest BCUT2D eigenvalue weighted by molar-refractivity contribution is 6.31. The minimum atomic E-state index is -0.868. The van der Waals surface area contributed by atoms with Gasteiger partial charge in [-0.15, -0.1) is 0 Å². The van der Waals surface area contributed by atoms with Crippen molar-refractivity contribution in [1.29, 1.82) is 0 Å². The van der Waals surface area contributed by atoms with E-state index in [1.165, 1.54) is 12.4 Å². The predicted molar refractivity (Wildman–Crippen MR) is 70.9 cm³/mol. The lowest BCUT2D eigenvalue weighted by atomic mass is 10.1. The molecule has 1 N–H and O–H groups in total. The molecule has 2 aromatic rings. The summed E-state index contributed by atoms with van der Waals surface area (Å²) in [5, 5.41) is 15.3. The second-order valence-electron chi connectivity index (χ2n) is 4.23. The third-order valence-electron chi connectivity index (χ3n) is 2.60. The summed E-state index contributed by atoms with van der Waals surface area (Å²) in [7, 11) is 0. The highest BCUT2D eigenvalue weighted by Gasteiger charge is 2.21. The van der Waals surface area contributed by atoms with E-state index in [-0.39, 0.29) is 6.04 Å². The number of nitrogens with zero attached hydrogens (tertiary/aromatic N) is 3. The van der Waals surface area contributed by atoms with Gasteiger partial charge in [0, 0.05) is 17.8 Å². The molecule has 1 atom stereocenters. The third kappa shape index (κ3) is 2.51. The van der Waals surface area contributed by atoms with Gasteiger partial charge in [-0.1, -0.05) is 29.3 Å². The Morgan fingerprint density at radius 2 is 1.94 bits per heavy atom. The molecule has 6 heteroatoms. The third-order valence-corrected chi connectivity index (χ3v) is 3.12. The Bertz CT molecular complexity index is 537. The second kappa shape index (κ2) is 5.26. The van der Waals surface area contributed by atoms with Crippen LogP contribution in [0.15, 0.2) is 24.5 Å². The normalized spacial score (nSPS) is 13.0. The van der Waals surface area contributed by atoms with Crippen molar-refractivity contribution in [1.82, 2.24) is 14.8 Å². The molecule has 2 rings (SSSR count). The molecule has 0 saturated heterocycles. The standard InChI is InChI=1S/C12H13Cl2N3O/c1-7(2)17-11(9(13)6-16-17)12(18)8-3-4-10(14)15-5-8/h3-7,12,18H,1-2H3. The van der Waals surface area contributed by atoms with Gasteiger partial charge in [0.25, 0.3) is 0 Å². The van der Waals surface area contributed by atoms with Crippen LogP contribution in [0, 0.1) is 0 Å². The van der Waals surface area contributed by atoms with E-state index >= 15 is 0 Å². The zero-order valence-corrected chi connectivity index (χ0v) is 11.5. The predicted octanol–water partition coefficient (Wildman–Crippen LogP) is 3.25. The first-order valence-electron chi connectivity index (χ1n) is 5.53. The maximum absolute atomic E-state index is 10.4. The number of hydrogen-bond acceptors (Lipinski definition) is 3. The number of hydrogen-bond donors (Lipinski definition) is 1. The average Bonchev–Trinajstić information content (AvgIpc) is 2.71. The van der Waals surface area contributed by atoms with Gasteiger partial charge in [0.05, 0.1) is 16.9 Å². The largest absolute Gasteiger partial charge is 0.382 e. The fourth-order valence-corrected chi connectivity index (χ4v) is 2.07. The van der Waals surface area contributed by atoms with E-state index in [9.17, 15) is 5.11 Å². The van der Waals surface area contributed by atoms with E-state index in [2.05, 4.69) is 10.1 Å². The Kier molecular flexibility index (Phi) is 3.90. The molecule has 0 aliphatic heterocycles. The summed E-state index contributed by atoms with van der Waals surface area (Å²) in [6.45, 7) is 3.94. The molecule has 4 nitrogen and oxygen atoms in total. The number of halogens is 2. The van der Waals surface area contributed by atoms with Crippen molar-refractivity contribution in [3.63, 3.8) is 0 Å². The van der Waals surface area contributed by atoms with Gasteiger partial charge in [-0.25, -0.2) is 4.98 Å². The molecule has 0 saturated carbocycles. The van der Waals surface area contributed by atoms with E-state index in [1.54, 1.807) is 16.8 Å². The Balaban J connectivity index is 2.42. The van der Waals surface area contributed by atoms with Crippen LogP contribution in [0.1, 0.15) is 37.3 Å². The van der Waals surface area contributed by atoms with Crippen LogP contribution in [0.2, 0.25) is 10.2 Å². The van der Waals surface area contributed by atoms with Crippen LogP contribution in [-0.4, -0.2) is 19.9 Å². The number of aliphatic hydroxyl groups excluding tert-OH is 1. The van der Waals surface area contributed by atoms with Crippen LogP contribution in [0.5, 0.6) is 0 Å². The first-order chi connectivity index (χ1) is 8.50. The van der Waals surface area contributed by atoms with E-state index in [4.69, 9.17) is 23.2 Å². The maximum Gasteiger partial charge on any atom is 0.129 e. The quantitative estimate of drug-likeness (QED) is 0.881. The Hall–Kier alpha value is -1.10. The van der Waals surface area contributed by atoms with Crippen molar-refractivity contribution < 1.29 is 5.11 Å². The van der Waals surface area contributed by atoms with Crippen molar-refractivity contribution in [3.8, 4) is 0 Å². The highest BCUT2D eigenvalue weighted by atomic mass is 35.5. The van der Waals surface area contributed by atoms with Crippen molar-refractivity contribution in [2.45, 2.75) is 26.0 Å². The van der Waals surface area contributed by atoms with Crippen LogP contribution in [0.3, 0.4) is 0 Å². The summed E-state index contributed by atoms with van der Waals surface area (Å²) >= 11 is 11.8. The highest BCUT2D eigenvalue weighted by Crippen LogP contribution is 2.29. The summed E-state index contributed by atoms with van der Waals surface area (Å²) in [4.78, 5) is 3.95. The lowest BCUT2D eigenvalue weighted by Crippen LogP contribution is -2.12. The van der Waals surface area contributed by atoms with Crippen LogP contribution >= 0.6 is 23.2 Å². The maximum atomic E-state index is 10.4. The van der Waals surface area contributed by atoms with Crippen LogP contribution in [0.4, 0.5) is 0 Å². The first kappa shape index (κ1) is 13.3. The number of pyridine rings is 1. The molecule has 0 aliphatic carbocycles. The zero-order valence-electron chi connectivity index (χ0n) is 10.0. The van der Waals surface area contributed by atoms with Crippen LogP contribution < -0.4 is 0 Å². The summed E-state index contributed by atoms with van der Waals surface area (Å²) < 4.78 is 1.70. The number of aliphatic hydroxyl groups is 1. The fraction of sp³-hybridized carbons (Fsp3) is 0.333. The first-order valence-corrected chi connectivity index (χ1v) is 6.28. The number of rotatable bonds is 3. The molecular weight excluding hydrogens is 273 g/mol. The monoisotopic (exact) mass is 285 g/mol. The van der Waals surface area contributed by atoms with Crippen molar-refractivity contribution >= 4 is 23.2 Å². The molecule has 2 heterocycles. The molecule has 96 valence electrons. The van der Waals surface area contributed by atoms with Crippen LogP contribution in [-0.2, 0) is 0 Å². The van der Waals surface area contributed by atoms with Gasteiger partial charge >= 0.3 is 0 Å². The summed E-state index contributed by atoms with van der Waals surface area (Å²) in [5.74, 6) is 0. The summed E-state index contributed by atoms with van der Waals surface area (Å²) in [6.07, 6.45) is 2.19. The zero-order chi connectivity index (χ0) is 13.3.